The van der Waals surface area contributed by atoms with E-state index in [1.807, 2.05) is 48.5 Å². The van der Waals surface area contributed by atoms with E-state index in [4.69, 9.17) is 4.74 Å². The van der Waals surface area contributed by atoms with E-state index in [2.05, 4.69) is 0 Å². The monoisotopic (exact) mass is 442 g/mol. The summed E-state index contributed by atoms with van der Waals surface area (Å²) >= 11 is 0. The molecule has 0 aliphatic carbocycles. The predicted molar refractivity (Wildman–Crippen MR) is 127 cm³/mol. The second kappa shape index (κ2) is 10.0. The predicted octanol–water partition coefficient (Wildman–Crippen LogP) is 5.87. The van der Waals surface area contributed by atoms with E-state index in [1.165, 1.54) is 6.07 Å². The van der Waals surface area contributed by atoms with E-state index in [-0.39, 0.29) is 28.7 Å². The number of benzene rings is 4. The molecular weight excluding hydrogens is 416 g/mol. The fraction of sp³-hybridized carbons (Fsp3) is 0.143. The minimum absolute atomic E-state index is 0.0147. The first-order valence-electron chi connectivity index (χ1n) is 10.8. The number of hydrogen-bond acceptors (Lipinski definition) is 5. The number of aryl methyl sites for hydroxylation is 4. The number of rotatable bonds is 8. The van der Waals surface area contributed by atoms with Crippen molar-refractivity contribution in [2.75, 3.05) is 0 Å². The lowest BCUT2D eigenvalue weighted by molar-refractivity contribution is 0.401. The summed E-state index contributed by atoms with van der Waals surface area (Å²) in [5.41, 5.74) is 3.90. The van der Waals surface area contributed by atoms with Gasteiger partial charge >= 0.3 is 0 Å². The molecule has 33 heavy (non-hydrogen) atoms. The molecule has 168 valence electrons. The lowest BCUT2D eigenvalue weighted by atomic mass is 10.0. The van der Waals surface area contributed by atoms with E-state index >= 15 is 0 Å². The molecule has 4 aromatic rings. The number of phenols is 4. The van der Waals surface area contributed by atoms with Crippen LogP contribution in [0.25, 0.3) is 0 Å². The van der Waals surface area contributed by atoms with Gasteiger partial charge in [-0.15, -0.1) is 0 Å². The largest absolute Gasteiger partial charge is 0.508 e. The molecule has 0 saturated heterocycles. The van der Waals surface area contributed by atoms with Crippen LogP contribution in [0.2, 0.25) is 0 Å². The van der Waals surface area contributed by atoms with Gasteiger partial charge in [0.05, 0.1) is 0 Å². The molecule has 4 rings (SSSR count). The second-order valence-electron chi connectivity index (χ2n) is 8.03. The number of ether oxygens (including phenoxy) is 1. The zero-order valence-corrected chi connectivity index (χ0v) is 18.1. The first kappa shape index (κ1) is 22.1. The molecule has 5 heteroatoms. The first-order chi connectivity index (χ1) is 16.0. The normalized spacial score (nSPS) is 10.8. The molecular formula is C28H26O5. The molecule has 0 aliphatic rings. The fourth-order valence-corrected chi connectivity index (χ4v) is 3.67. The van der Waals surface area contributed by atoms with E-state index in [0.717, 1.165) is 29.5 Å². The smallest absolute Gasteiger partial charge is 0.169 e. The van der Waals surface area contributed by atoms with Gasteiger partial charge in [-0.3, -0.25) is 0 Å². The number of aromatic hydroxyl groups is 4. The summed E-state index contributed by atoms with van der Waals surface area (Å²) in [6, 6.07) is 24.8. The van der Waals surface area contributed by atoms with E-state index in [1.54, 1.807) is 30.3 Å². The molecule has 0 atom stereocenters. The van der Waals surface area contributed by atoms with Crippen LogP contribution < -0.4 is 4.74 Å². The van der Waals surface area contributed by atoms with Gasteiger partial charge in [0.15, 0.2) is 11.5 Å². The fourth-order valence-electron chi connectivity index (χ4n) is 3.67. The molecule has 0 bridgehead atoms. The van der Waals surface area contributed by atoms with Crippen LogP contribution in [-0.4, -0.2) is 20.4 Å². The van der Waals surface area contributed by atoms with Crippen LogP contribution in [0.1, 0.15) is 22.3 Å². The minimum Gasteiger partial charge on any atom is -0.508 e. The summed E-state index contributed by atoms with van der Waals surface area (Å²) < 4.78 is 5.88. The lowest BCUT2D eigenvalue weighted by Crippen LogP contribution is -1.94. The van der Waals surface area contributed by atoms with Crippen LogP contribution in [0.4, 0.5) is 0 Å². The molecule has 4 aromatic carbocycles. The Morgan fingerprint density at radius 3 is 1.85 bits per heavy atom. The van der Waals surface area contributed by atoms with Crippen LogP contribution in [0.15, 0.2) is 84.9 Å². The van der Waals surface area contributed by atoms with Gasteiger partial charge in [-0.25, -0.2) is 0 Å². The maximum atomic E-state index is 10.2. The van der Waals surface area contributed by atoms with Gasteiger partial charge < -0.3 is 25.2 Å². The maximum absolute atomic E-state index is 10.2. The van der Waals surface area contributed by atoms with Crippen molar-refractivity contribution in [2.45, 2.75) is 25.7 Å². The zero-order chi connectivity index (χ0) is 23.2. The van der Waals surface area contributed by atoms with E-state index in [0.29, 0.717) is 24.2 Å². The third kappa shape index (κ3) is 5.98. The highest BCUT2D eigenvalue weighted by Crippen LogP contribution is 2.37. The van der Waals surface area contributed by atoms with Crippen molar-refractivity contribution in [1.82, 2.24) is 0 Å². The van der Waals surface area contributed by atoms with Crippen molar-refractivity contribution in [1.29, 1.82) is 0 Å². The van der Waals surface area contributed by atoms with Gasteiger partial charge in [0.2, 0.25) is 0 Å². The summed E-state index contributed by atoms with van der Waals surface area (Å²) in [6.07, 6.45) is 2.88. The van der Waals surface area contributed by atoms with E-state index < -0.39 is 0 Å². The molecule has 0 spiro atoms. The van der Waals surface area contributed by atoms with Crippen molar-refractivity contribution in [3.63, 3.8) is 0 Å². The highest BCUT2D eigenvalue weighted by atomic mass is 16.5. The van der Waals surface area contributed by atoms with Crippen LogP contribution in [0, 0.1) is 0 Å². The van der Waals surface area contributed by atoms with Crippen LogP contribution in [-0.2, 0) is 25.7 Å². The third-order valence-electron chi connectivity index (χ3n) is 5.54. The topological polar surface area (TPSA) is 90.2 Å². The van der Waals surface area contributed by atoms with Crippen molar-refractivity contribution < 1.29 is 25.2 Å². The third-order valence-corrected chi connectivity index (χ3v) is 5.54. The maximum Gasteiger partial charge on any atom is 0.169 e. The highest BCUT2D eigenvalue weighted by molar-refractivity contribution is 5.51. The molecule has 0 unspecified atom stereocenters. The lowest BCUT2D eigenvalue weighted by Gasteiger charge is -2.12. The van der Waals surface area contributed by atoms with E-state index in [9.17, 15) is 20.4 Å². The minimum atomic E-state index is -0.131. The standard InChI is InChI=1S/C28H26O5/c29-23-12-7-20(8-13-23)6-11-22-17-28(27(32)18-26(22)31)33-25-14-9-19(10-15-25)4-5-21-2-1-3-24(30)16-21/h1-3,7-10,12-18,29-32H,4-6,11H2. The number of phenolic OH excluding ortho intramolecular Hbond substituents is 4. The molecule has 0 saturated carbocycles. The van der Waals surface area contributed by atoms with Gasteiger partial charge in [0.25, 0.3) is 0 Å². The molecule has 0 aliphatic heterocycles. The molecule has 4 N–H and O–H groups in total. The summed E-state index contributed by atoms with van der Waals surface area (Å²) in [4.78, 5) is 0. The Morgan fingerprint density at radius 1 is 0.515 bits per heavy atom. The Hall–Kier alpha value is -4.12. The zero-order valence-electron chi connectivity index (χ0n) is 18.1. The Bertz CT molecular complexity index is 1210. The van der Waals surface area contributed by atoms with Crippen LogP contribution in [0.5, 0.6) is 34.5 Å². The molecule has 5 nitrogen and oxygen atoms in total. The Labute approximate surface area is 192 Å². The molecule has 0 heterocycles. The van der Waals surface area contributed by atoms with Crippen molar-refractivity contribution in [3.05, 3.63) is 107 Å². The summed E-state index contributed by atoms with van der Waals surface area (Å²) in [6.45, 7) is 0. The summed E-state index contributed by atoms with van der Waals surface area (Å²) in [7, 11) is 0. The molecule has 0 radical (unpaired) electrons. The van der Waals surface area contributed by atoms with Gasteiger partial charge in [0, 0.05) is 6.07 Å². The Balaban J connectivity index is 1.40. The van der Waals surface area contributed by atoms with Gasteiger partial charge in [-0.05, 0) is 90.4 Å². The SMILES string of the molecule is Oc1ccc(CCc2cc(Oc3ccc(CCc4cccc(O)c4)cc3)c(O)cc2O)cc1. The summed E-state index contributed by atoms with van der Waals surface area (Å²) in [5.74, 6) is 1.23. The quantitative estimate of drug-likeness (QED) is 0.274. The molecule has 0 fully saturated rings. The average molecular weight is 443 g/mol. The first-order valence-corrected chi connectivity index (χ1v) is 10.8. The van der Waals surface area contributed by atoms with Crippen LogP contribution >= 0.6 is 0 Å². The molecule has 0 amide bonds. The second-order valence-corrected chi connectivity index (χ2v) is 8.03. The summed E-state index contributed by atoms with van der Waals surface area (Å²) in [5, 5.41) is 39.5. The van der Waals surface area contributed by atoms with Crippen molar-refractivity contribution in [3.8, 4) is 34.5 Å². The number of hydrogen-bond donors (Lipinski definition) is 4. The Kier molecular flexibility index (Phi) is 6.69. The van der Waals surface area contributed by atoms with Crippen LogP contribution in [0.3, 0.4) is 0 Å². The van der Waals surface area contributed by atoms with Gasteiger partial charge in [0.1, 0.15) is 23.0 Å². The van der Waals surface area contributed by atoms with Gasteiger partial charge in [-0.2, -0.15) is 0 Å². The van der Waals surface area contributed by atoms with Crippen molar-refractivity contribution >= 4 is 0 Å². The van der Waals surface area contributed by atoms with Gasteiger partial charge in [-0.1, -0.05) is 36.4 Å². The average Bonchev–Trinajstić information content (AvgIpc) is 2.81. The highest BCUT2D eigenvalue weighted by Gasteiger charge is 2.11. The molecule has 0 aromatic heterocycles. The Morgan fingerprint density at radius 2 is 1.15 bits per heavy atom. The van der Waals surface area contributed by atoms with Crippen molar-refractivity contribution in [2.24, 2.45) is 0 Å².